The van der Waals surface area contributed by atoms with Gasteiger partial charge in [-0.2, -0.15) is 30.4 Å². The van der Waals surface area contributed by atoms with Gasteiger partial charge in [-0.3, -0.25) is 18.7 Å². The first-order valence-electron chi connectivity index (χ1n) is 44.2. The van der Waals surface area contributed by atoms with Crippen LogP contribution in [0.3, 0.4) is 0 Å². The number of nitrogens with zero attached hydrogens (tertiary/aromatic N) is 20. The number of methoxy groups -OCH3 is 2. The number of anilines is 9. The van der Waals surface area contributed by atoms with Crippen molar-refractivity contribution in [2.45, 2.75) is 66.6 Å². The fourth-order valence-electron chi connectivity index (χ4n) is 15.8. The molecule has 0 atom stereocenters. The van der Waals surface area contributed by atoms with Crippen LogP contribution in [0.1, 0.15) is 81.5 Å². The first-order chi connectivity index (χ1) is 65.3. The van der Waals surface area contributed by atoms with Crippen molar-refractivity contribution in [2.75, 3.05) is 155 Å². The number of halogens is 3. The van der Waals surface area contributed by atoms with E-state index in [1.54, 1.807) is 66.7 Å². The number of carboxylic acids is 1. The normalized spacial score (nSPS) is 14.9. The number of nitrogens with two attached hydrogens (primary N) is 1. The minimum atomic E-state index is -0.957. The Morgan fingerprint density at radius 1 is 0.391 bits per heavy atom. The minimum absolute atomic E-state index is 0. The zero-order chi connectivity index (χ0) is 96.2. The number of ether oxygens (including phenoxy) is 6. The number of esters is 2. The molecule has 15 aromatic rings. The van der Waals surface area contributed by atoms with Crippen molar-refractivity contribution >= 4 is 161 Å². The summed E-state index contributed by atoms with van der Waals surface area (Å²) in [5, 5.41) is 39.5. The van der Waals surface area contributed by atoms with E-state index in [9.17, 15) is 14.4 Å². The number of aromatic carboxylic acids is 1. The molecule has 8 aromatic heterocycles. The molecule has 0 aliphatic carbocycles. The van der Waals surface area contributed by atoms with Crippen LogP contribution in [0.2, 0.25) is 15.5 Å². The summed E-state index contributed by atoms with van der Waals surface area (Å²) in [6.07, 6.45) is 0. The van der Waals surface area contributed by atoms with E-state index in [0.29, 0.717) is 121 Å². The van der Waals surface area contributed by atoms with Gasteiger partial charge in [0.05, 0.1) is 157 Å². The van der Waals surface area contributed by atoms with Gasteiger partial charge in [-0.1, -0.05) is 83.3 Å². The summed E-state index contributed by atoms with van der Waals surface area (Å²) in [5.74, 6) is 2.13. The topological polar surface area (TPSA) is 413 Å². The Labute approximate surface area is 835 Å². The monoisotopic (exact) mass is 1940 g/mol. The molecule has 0 bridgehead atoms. The summed E-state index contributed by atoms with van der Waals surface area (Å²) in [7, 11) is 10.2. The predicted molar refractivity (Wildman–Crippen MR) is 532 cm³/mol. The SMILES string of the molecule is COC(=O)c1ccc(N)cc1.COC(=O)c1ccc(Nc2cc(-c3ccc4c(C)nn(C)c4c3)nc(N3CCOCC3)n2)cc1.Cc1nn(C)c2cc(-c3cc(Cl)nc(N4CCOCC4)n3)ccc12.Cc1nn(C)c2cc(-c3cc(Nc4ccc(C(=O)O)cc4)nc(N4CCOCC4)n3)ccc12.Cc1nn(C)c2cc(B3OC(C)(C)C(C)(C)O3)ccc12.Clc1cc(Cl)nc(N2CCOCC2)n1.[Na+].[OH-]. The van der Waals surface area contributed by atoms with Crippen LogP contribution < -0.4 is 71.0 Å². The number of aromatic nitrogens is 16. The van der Waals surface area contributed by atoms with Crippen LogP contribution in [-0.2, 0) is 65.9 Å². The quantitative estimate of drug-likeness (QED) is 0.0320. The third-order valence-corrected chi connectivity index (χ3v) is 24.4. The molecule has 714 valence electrons. The molecule has 138 heavy (non-hydrogen) atoms. The van der Waals surface area contributed by atoms with Crippen LogP contribution in [0, 0.1) is 27.7 Å². The van der Waals surface area contributed by atoms with E-state index in [4.69, 9.17) is 104 Å². The summed E-state index contributed by atoms with van der Waals surface area (Å²) < 4.78 is 50.6. The first kappa shape index (κ1) is 103. The Balaban J connectivity index is 0.000000144. The summed E-state index contributed by atoms with van der Waals surface area (Å²) in [6, 6.07) is 52.4. The van der Waals surface area contributed by atoms with Crippen molar-refractivity contribution in [3.05, 3.63) is 225 Å². The van der Waals surface area contributed by atoms with Crippen molar-refractivity contribution in [3.63, 3.8) is 0 Å². The van der Waals surface area contributed by atoms with Crippen molar-refractivity contribution in [1.82, 2.24) is 79.0 Å². The molecule has 7 aromatic carbocycles. The third-order valence-electron chi connectivity index (χ3n) is 23.8. The van der Waals surface area contributed by atoms with Gasteiger partial charge in [0.15, 0.2) is 0 Å². The van der Waals surface area contributed by atoms with Gasteiger partial charge in [0.25, 0.3) is 0 Å². The fraction of sp³-hybridized carbons (Fsp3) is 0.330. The number of fused-ring (bicyclic) bond motifs is 4. The summed E-state index contributed by atoms with van der Waals surface area (Å²) >= 11 is 17.8. The average Bonchev–Trinajstić information content (AvgIpc) is 1.61. The van der Waals surface area contributed by atoms with Gasteiger partial charge >= 0.3 is 54.6 Å². The van der Waals surface area contributed by atoms with E-state index in [-0.39, 0.29) is 70.9 Å². The molecule has 5 fully saturated rings. The number of carboxylic acid groups (broad SMARTS) is 1. The standard InChI is InChI=1S/C25H26N6O3.C24H24N6O3.C17H18ClN5O.C15H21BN2O2.C8H9Cl2N3O.C8H9NO2.Na.H2O/c1-16-20-9-6-18(14-22(20)30(2)29-16)21-15-23(28-25(27-21)31-10-12-34-13-11-31)26-19-7-4-17(5-8-19)24(32)33-3;1-15-19-8-5-17(13-21(19)29(2)28-15)20-14-22(25-18-6-3-16(4-7-18)23(31)32)27-24(26-20)30-9-11-33-12-10-30;1-11-13-4-3-12(9-15(13)22(2)21-11)14-10-16(18)20-17(19-14)23-5-7-24-8-6-23;1-10-12-8-7-11(9-13(12)18(6)17-10)16-19-14(2,3)15(4,5)20-16;9-6-5-7(10)12-8(11-6)13-1-3-14-4-2-13;1-11-8(10)6-2-4-7(9)5-3-6;;/h4-9,14-15H,10-13H2,1-3H3,(H,26,27,28);3-8,13-14H,9-12H2,1-2H3,(H,31,32)(H,25,26,27);3-4,9-10H,5-8H2,1-2H3;7-9H,1-6H3;5H,1-4H2;2-5H,9H2,1H3;;1H2/q;;;;;;+1;/p-1. The second-order valence-corrected chi connectivity index (χ2v) is 34.8. The maximum atomic E-state index is 11.7. The minimum Gasteiger partial charge on any atom is -0.870 e. The summed E-state index contributed by atoms with van der Waals surface area (Å²) in [6.45, 7) is 27.6. The number of nitrogen functional groups attached to an aromatic ring is 1. The van der Waals surface area contributed by atoms with Gasteiger partial charge in [0.1, 0.15) is 27.1 Å². The fourth-order valence-corrected chi connectivity index (χ4v) is 16.3. The molecule has 36 nitrogen and oxygen atoms in total. The van der Waals surface area contributed by atoms with E-state index < -0.39 is 5.97 Å². The molecule has 5 saturated heterocycles. The molecule has 41 heteroatoms. The van der Waals surface area contributed by atoms with Crippen LogP contribution in [-0.4, -0.2) is 245 Å². The molecular weight excluding hydrogens is 1840 g/mol. The van der Waals surface area contributed by atoms with Crippen LogP contribution in [0.5, 0.6) is 0 Å². The molecule has 6 N–H and O–H groups in total. The van der Waals surface area contributed by atoms with Crippen molar-refractivity contribution in [3.8, 4) is 33.8 Å². The molecule has 0 radical (unpaired) electrons. The van der Waals surface area contributed by atoms with Crippen LogP contribution >= 0.6 is 34.8 Å². The number of carbonyl (C=O) groups excluding carboxylic acids is 2. The number of hydrogen-bond donors (Lipinski definition) is 4. The molecule has 5 aliphatic heterocycles. The third kappa shape index (κ3) is 24.9. The van der Waals surface area contributed by atoms with E-state index >= 15 is 0 Å². The van der Waals surface area contributed by atoms with Gasteiger partial charge in [-0.05, 0) is 158 Å². The Kier molecular flexibility index (Phi) is 34.1. The molecule has 0 unspecified atom stereocenters. The second kappa shape index (κ2) is 45.8. The Morgan fingerprint density at radius 2 is 0.681 bits per heavy atom. The summed E-state index contributed by atoms with van der Waals surface area (Å²) in [5.41, 5.74) is 23.0. The average molecular weight is 1940 g/mol. The molecule has 0 amide bonds. The maximum Gasteiger partial charge on any atom is 1.00 e. The van der Waals surface area contributed by atoms with Crippen molar-refractivity contribution in [2.24, 2.45) is 28.2 Å². The summed E-state index contributed by atoms with van der Waals surface area (Å²) in [4.78, 5) is 78.6. The van der Waals surface area contributed by atoms with E-state index in [2.05, 4.69) is 160 Å². The van der Waals surface area contributed by atoms with E-state index in [0.717, 1.165) is 164 Å². The van der Waals surface area contributed by atoms with Crippen molar-refractivity contribution in [1.29, 1.82) is 0 Å². The Hall–Kier alpha value is -12.6. The van der Waals surface area contributed by atoms with Crippen LogP contribution in [0.4, 0.5) is 52.5 Å². The number of rotatable bonds is 15. The number of carbonyl (C=O) groups is 3. The zero-order valence-corrected chi connectivity index (χ0v) is 83.9. The molecular formula is C97H108BCl3N23NaO13. The number of aryl methyl sites for hydroxylation is 8. The van der Waals surface area contributed by atoms with Crippen LogP contribution in [0.25, 0.3) is 77.4 Å². The second-order valence-electron chi connectivity index (χ2n) is 33.7. The molecule has 0 saturated carbocycles. The molecule has 20 rings (SSSR count). The maximum absolute atomic E-state index is 11.7. The van der Waals surface area contributed by atoms with Gasteiger partial charge in [0.2, 0.25) is 23.8 Å². The predicted octanol–water partition coefficient (Wildman–Crippen LogP) is 11.8. The molecule has 0 spiro atoms. The van der Waals surface area contributed by atoms with Gasteiger partial charge in [0, 0.05) is 160 Å². The van der Waals surface area contributed by atoms with Gasteiger partial charge in [-0.25, -0.2) is 44.3 Å². The number of hydrogen-bond acceptors (Lipinski definition) is 31. The number of morpholine rings is 4. The Morgan fingerprint density at radius 3 is 1.01 bits per heavy atom. The smallest absolute Gasteiger partial charge is 0.870 e. The van der Waals surface area contributed by atoms with Gasteiger partial charge < -0.3 is 84.3 Å². The molecule has 5 aliphatic rings. The molecule has 13 heterocycles. The van der Waals surface area contributed by atoms with Gasteiger partial charge in [-0.15, -0.1) is 0 Å². The largest absolute Gasteiger partial charge is 1.00 e. The zero-order valence-electron chi connectivity index (χ0n) is 79.6. The van der Waals surface area contributed by atoms with Crippen molar-refractivity contribution < 1.29 is 92.3 Å². The Bertz CT molecular complexity index is 6780. The number of nitrogens with one attached hydrogen (secondary N) is 2. The van der Waals surface area contributed by atoms with E-state index in [1.165, 1.54) is 25.7 Å². The van der Waals surface area contributed by atoms with E-state index in [1.807, 2.05) is 110 Å². The van der Waals surface area contributed by atoms with Crippen LogP contribution in [0.15, 0.2) is 170 Å². The first-order valence-corrected chi connectivity index (χ1v) is 45.4. The number of benzene rings is 7.